The minimum absolute atomic E-state index is 0. The van der Waals surface area contributed by atoms with Crippen LogP contribution in [-0.2, 0) is 6.42 Å². The summed E-state index contributed by atoms with van der Waals surface area (Å²) in [5.74, 6) is 1.24. The molecule has 7 nitrogen and oxygen atoms in total. The lowest BCUT2D eigenvalue weighted by molar-refractivity contribution is 0.609. The topological polar surface area (TPSA) is 104 Å². The Balaban J connectivity index is 0.00000280. The Labute approximate surface area is 183 Å². The molecular formula is C20H28IN7. The summed E-state index contributed by atoms with van der Waals surface area (Å²) < 4.78 is 1.64. The number of hydrogen-bond donors (Lipinski definition) is 3. The lowest BCUT2D eigenvalue weighted by Crippen LogP contribution is -2.42. The van der Waals surface area contributed by atoms with E-state index >= 15 is 0 Å². The Bertz CT molecular complexity index is 817. The molecule has 1 fully saturated rings. The molecule has 2 aromatic rings. The van der Waals surface area contributed by atoms with Crippen LogP contribution in [0.5, 0.6) is 0 Å². The summed E-state index contributed by atoms with van der Waals surface area (Å²) in [7, 11) is 1.79. The van der Waals surface area contributed by atoms with Crippen LogP contribution in [0.3, 0.4) is 0 Å². The summed E-state index contributed by atoms with van der Waals surface area (Å²) in [6, 6.07) is 12.4. The fraction of sp³-hybridized carbons (Fsp3) is 0.450. The molecule has 1 saturated carbocycles. The molecule has 0 saturated heterocycles. The van der Waals surface area contributed by atoms with Gasteiger partial charge in [-0.2, -0.15) is 10.4 Å². The highest BCUT2D eigenvalue weighted by atomic mass is 127. The third-order valence-electron chi connectivity index (χ3n) is 4.91. The molecule has 3 rings (SSSR count). The molecule has 0 amide bonds. The number of aryl methyl sites for hydroxylation is 1. The summed E-state index contributed by atoms with van der Waals surface area (Å²) in [6.07, 6.45) is 6.52. The van der Waals surface area contributed by atoms with E-state index < -0.39 is 0 Å². The van der Waals surface area contributed by atoms with Crippen LogP contribution in [0.15, 0.2) is 35.3 Å². The van der Waals surface area contributed by atoms with Crippen molar-refractivity contribution >= 4 is 35.8 Å². The van der Waals surface area contributed by atoms with Gasteiger partial charge in [-0.15, -0.1) is 24.0 Å². The molecule has 0 radical (unpaired) electrons. The second-order valence-corrected chi connectivity index (χ2v) is 6.79. The number of guanidine groups is 1. The Morgan fingerprint density at radius 3 is 2.68 bits per heavy atom. The van der Waals surface area contributed by atoms with Gasteiger partial charge in [0.2, 0.25) is 0 Å². The zero-order chi connectivity index (χ0) is 19.1. The van der Waals surface area contributed by atoms with E-state index in [9.17, 15) is 5.26 Å². The number of anilines is 1. The van der Waals surface area contributed by atoms with Crippen molar-refractivity contribution in [2.45, 2.75) is 44.6 Å². The molecule has 0 atom stereocenters. The first-order valence-corrected chi connectivity index (χ1v) is 9.53. The van der Waals surface area contributed by atoms with Gasteiger partial charge in [-0.3, -0.25) is 4.99 Å². The monoisotopic (exact) mass is 493 g/mol. The highest BCUT2D eigenvalue weighted by Crippen LogP contribution is 2.21. The van der Waals surface area contributed by atoms with Gasteiger partial charge in [-0.05, 0) is 37.8 Å². The predicted molar refractivity (Wildman–Crippen MR) is 123 cm³/mol. The summed E-state index contributed by atoms with van der Waals surface area (Å²) in [5.41, 5.74) is 8.20. The third kappa shape index (κ3) is 5.38. The number of nitrogens with two attached hydrogens (primary N) is 1. The molecule has 0 bridgehead atoms. The zero-order valence-electron chi connectivity index (χ0n) is 16.2. The Morgan fingerprint density at radius 2 is 2.04 bits per heavy atom. The third-order valence-corrected chi connectivity index (χ3v) is 4.91. The summed E-state index contributed by atoms with van der Waals surface area (Å²) in [5, 5.41) is 20.9. The fourth-order valence-corrected chi connectivity index (χ4v) is 3.46. The average Bonchev–Trinajstić information content (AvgIpc) is 3.32. The van der Waals surface area contributed by atoms with Crippen LogP contribution in [-0.4, -0.2) is 35.4 Å². The smallest absolute Gasteiger partial charge is 0.191 e. The zero-order valence-corrected chi connectivity index (χ0v) is 18.5. The molecule has 150 valence electrons. The SMILES string of the molecule is CN=C(NCCCc1nn(-c2ccccc2)c(N)c1C#N)NC1CCCC1.I. The largest absolute Gasteiger partial charge is 0.382 e. The van der Waals surface area contributed by atoms with E-state index in [1.807, 2.05) is 30.3 Å². The number of nitrogen functional groups attached to an aromatic ring is 1. The van der Waals surface area contributed by atoms with Crippen molar-refractivity contribution in [2.75, 3.05) is 19.3 Å². The van der Waals surface area contributed by atoms with Crippen molar-refractivity contribution in [3.8, 4) is 11.8 Å². The molecule has 1 aromatic carbocycles. The number of nitrogens with one attached hydrogen (secondary N) is 2. The number of hydrogen-bond acceptors (Lipinski definition) is 4. The molecule has 1 aliphatic carbocycles. The standard InChI is InChI=1S/C20H27N7.HI/c1-23-20(25-15-8-5-6-9-15)24-13-7-12-18-17(14-21)19(22)27(26-18)16-10-3-2-4-11-16;/h2-4,10-11,15H,5-9,12-13,22H2,1H3,(H2,23,24,25);1H. The molecule has 0 aliphatic heterocycles. The van der Waals surface area contributed by atoms with Gasteiger partial charge in [-0.25, -0.2) is 4.68 Å². The summed E-state index contributed by atoms with van der Waals surface area (Å²) >= 11 is 0. The van der Waals surface area contributed by atoms with Gasteiger partial charge in [0.1, 0.15) is 17.5 Å². The van der Waals surface area contributed by atoms with Crippen LogP contribution in [0.4, 0.5) is 5.82 Å². The van der Waals surface area contributed by atoms with Gasteiger partial charge >= 0.3 is 0 Å². The van der Waals surface area contributed by atoms with E-state index in [0.717, 1.165) is 30.3 Å². The van der Waals surface area contributed by atoms with E-state index in [1.54, 1.807) is 11.7 Å². The fourth-order valence-electron chi connectivity index (χ4n) is 3.46. The van der Waals surface area contributed by atoms with Crippen LogP contribution >= 0.6 is 24.0 Å². The van der Waals surface area contributed by atoms with E-state index in [-0.39, 0.29) is 24.0 Å². The Kier molecular flexibility index (Phi) is 8.57. The second-order valence-electron chi connectivity index (χ2n) is 6.79. The quantitative estimate of drug-likeness (QED) is 0.249. The molecule has 1 heterocycles. The predicted octanol–water partition coefficient (Wildman–Crippen LogP) is 2.98. The van der Waals surface area contributed by atoms with Crippen molar-refractivity contribution < 1.29 is 0 Å². The highest BCUT2D eigenvalue weighted by molar-refractivity contribution is 14.0. The van der Waals surface area contributed by atoms with Crippen LogP contribution < -0.4 is 16.4 Å². The van der Waals surface area contributed by atoms with Gasteiger partial charge in [0.15, 0.2) is 5.96 Å². The van der Waals surface area contributed by atoms with Crippen molar-refractivity contribution in [1.82, 2.24) is 20.4 Å². The molecule has 0 unspecified atom stereocenters. The number of aromatic nitrogens is 2. The first kappa shape index (κ1) is 22.0. The summed E-state index contributed by atoms with van der Waals surface area (Å²) in [6.45, 7) is 0.759. The van der Waals surface area contributed by atoms with E-state index in [2.05, 4.69) is 26.8 Å². The number of para-hydroxylation sites is 1. The van der Waals surface area contributed by atoms with Crippen LogP contribution in [0.1, 0.15) is 43.4 Å². The van der Waals surface area contributed by atoms with Crippen molar-refractivity contribution in [1.29, 1.82) is 5.26 Å². The number of halogens is 1. The Morgan fingerprint density at radius 1 is 1.32 bits per heavy atom. The van der Waals surface area contributed by atoms with Crippen LogP contribution in [0.25, 0.3) is 5.69 Å². The first-order chi connectivity index (χ1) is 13.2. The number of nitrogens with zero attached hydrogens (tertiary/aromatic N) is 4. The molecule has 0 spiro atoms. The first-order valence-electron chi connectivity index (χ1n) is 9.53. The number of aliphatic imine (C=N–C) groups is 1. The molecule has 1 aromatic heterocycles. The highest BCUT2D eigenvalue weighted by Gasteiger charge is 2.17. The van der Waals surface area contributed by atoms with Crippen LogP contribution in [0, 0.1) is 11.3 Å². The van der Waals surface area contributed by atoms with Gasteiger partial charge < -0.3 is 16.4 Å². The van der Waals surface area contributed by atoms with Gasteiger partial charge in [0.25, 0.3) is 0 Å². The summed E-state index contributed by atoms with van der Waals surface area (Å²) in [4.78, 5) is 4.29. The van der Waals surface area contributed by atoms with E-state index in [0.29, 0.717) is 23.8 Å². The average molecular weight is 493 g/mol. The molecule has 28 heavy (non-hydrogen) atoms. The van der Waals surface area contributed by atoms with E-state index in [1.165, 1.54) is 25.7 Å². The van der Waals surface area contributed by atoms with Crippen molar-refractivity contribution in [3.05, 3.63) is 41.6 Å². The lowest BCUT2D eigenvalue weighted by atomic mass is 10.1. The molecule has 8 heteroatoms. The van der Waals surface area contributed by atoms with Gasteiger partial charge in [0, 0.05) is 19.6 Å². The Hall–Kier alpha value is -2.28. The number of nitriles is 1. The number of benzene rings is 1. The van der Waals surface area contributed by atoms with Crippen LogP contribution in [0.2, 0.25) is 0 Å². The second kappa shape index (κ2) is 10.9. The van der Waals surface area contributed by atoms with Gasteiger partial charge in [-0.1, -0.05) is 31.0 Å². The minimum atomic E-state index is 0. The molecular weight excluding hydrogens is 465 g/mol. The molecule has 1 aliphatic rings. The van der Waals surface area contributed by atoms with E-state index in [4.69, 9.17) is 5.73 Å². The molecule has 4 N–H and O–H groups in total. The van der Waals surface area contributed by atoms with Crippen molar-refractivity contribution in [3.63, 3.8) is 0 Å². The normalized spacial score (nSPS) is 14.4. The lowest BCUT2D eigenvalue weighted by Gasteiger charge is -2.16. The minimum Gasteiger partial charge on any atom is -0.382 e. The van der Waals surface area contributed by atoms with Crippen molar-refractivity contribution in [2.24, 2.45) is 4.99 Å². The number of rotatable bonds is 6. The van der Waals surface area contributed by atoms with Gasteiger partial charge in [0.05, 0.1) is 11.4 Å². The maximum atomic E-state index is 9.47. The maximum absolute atomic E-state index is 9.47. The maximum Gasteiger partial charge on any atom is 0.191 e.